The predicted molar refractivity (Wildman–Crippen MR) is 97.2 cm³/mol. The summed E-state index contributed by atoms with van der Waals surface area (Å²) in [6.45, 7) is 7.19. The van der Waals surface area contributed by atoms with Crippen LogP contribution in [0.3, 0.4) is 0 Å². The number of rotatable bonds is 9. The number of carbonyl (C=O) groups is 2. The zero-order chi connectivity index (χ0) is 18.2. The highest BCUT2D eigenvalue weighted by Crippen LogP contribution is 2.37. The fraction of sp³-hybridized carbons (Fsp3) is 0.900. The number of nitrogens with zero attached hydrogens (tertiary/aromatic N) is 1. The first-order valence-corrected chi connectivity index (χ1v) is 10.2. The van der Waals surface area contributed by atoms with E-state index < -0.39 is 0 Å². The molecular formula is C20H35NO4. The van der Waals surface area contributed by atoms with Crippen molar-refractivity contribution in [2.24, 2.45) is 0 Å². The Balaban J connectivity index is 2.03. The van der Waals surface area contributed by atoms with Crippen molar-refractivity contribution >= 4 is 11.9 Å². The topological polar surface area (TPSA) is 55.8 Å². The van der Waals surface area contributed by atoms with Gasteiger partial charge in [-0.15, -0.1) is 0 Å². The summed E-state index contributed by atoms with van der Waals surface area (Å²) in [5.74, 6) is -0.143. The molecule has 0 aromatic heterocycles. The van der Waals surface area contributed by atoms with Gasteiger partial charge in [-0.05, 0) is 51.5 Å². The number of esters is 2. The van der Waals surface area contributed by atoms with Crippen LogP contribution in [0.1, 0.15) is 85.0 Å². The number of hydrogen-bond donors (Lipinski definition) is 0. The van der Waals surface area contributed by atoms with Crippen molar-refractivity contribution < 1.29 is 19.1 Å². The smallest absolute Gasteiger partial charge is 0.306 e. The van der Waals surface area contributed by atoms with E-state index in [1.807, 2.05) is 13.8 Å². The Labute approximate surface area is 152 Å². The van der Waals surface area contributed by atoms with Crippen LogP contribution in [-0.2, 0) is 19.1 Å². The molecule has 2 fully saturated rings. The Morgan fingerprint density at radius 3 is 1.68 bits per heavy atom. The molecule has 2 bridgehead atoms. The van der Waals surface area contributed by atoms with Crippen LogP contribution in [0.25, 0.3) is 0 Å². The van der Waals surface area contributed by atoms with Crippen molar-refractivity contribution in [1.82, 2.24) is 4.90 Å². The molecule has 2 rings (SSSR count). The third-order valence-electron chi connectivity index (χ3n) is 5.45. The lowest BCUT2D eigenvalue weighted by molar-refractivity contribution is -0.173. The molecule has 0 amide bonds. The summed E-state index contributed by atoms with van der Waals surface area (Å²) in [5, 5.41) is 0. The summed E-state index contributed by atoms with van der Waals surface area (Å²) in [5.41, 5.74) is 0. The van der Waals surface area contributed by atoms with Gasteiger partial charge in [-0.25, -0.2) is 0 Å². The van der Waals surface area contributed by atoms with E-state index in [0.29, 0.717) is 12.8 Å². The molecule has 2 aliphatic heterocycles. The van der Waals surface area contributed by atoms with Crippen molar-refractivity contribution in [2.45, 2.75) is 109 Å². The zero-order valence-corrected chi connectivity index (χ0v) is 16.2. The minimum Gasteiger partial charge on any atom is -0.461 e. The van der Waals surface area contributed by atoms with Crippen molar-refractivity contribution in [3.8, 4) is 0 Å². The summed E-state index contributed by atoms with van der Waals surface area (Å²) in [6.07, 6.45) is 8.56. The Kier molecular flexibility index (Phi) is 8.20. The lowest BCUT2D eigenvalue weighted by atomic mass is 9.80. The maximum atomic E-state index is 12.0. The van der Waals surface area contributed by atoms with Crippen molar-refractivity contribution in [1.29, 1.82) is 0 Å². The molecule has 0 radical (unpaired) electrons. The number of carbonyl (C=O) groups excluding carboxylic acids is 2. The molecule has 0 aromatic carbocycles. The number of ether oxygens (including phenoxy) is 2. The lowest BCUT2D eigenvalue weighted by Crippen LogP contribution is -2.62. The summed E-state index contributed by atoms with van der Waals surface area (Å²) in [7, 11) is 0. The van der Waals surface area contributed by atoms with Crippen LogP contribution in [0.2, 0.25) is 0 Å². The highest BCUT2D eigenvalue weighted by Gasteiger charge is 2.46. The second-order valence-electron chi connectivity index (χ2n) is 7.44. The Morgan fingerprint density at radius 2 is 1.28 bits per heavy atom. The molecule has 0 N–H and O–H groups in total. The zero-order valence-electron chi connectivity index (χ0n) is 16.2. The second kappa shape index (κ2) is 10.1. The van der Waals surface area contributed by atoms with Crippen LogP contribution in [0.15, 0.2) is 0 Å². The van der Waals surface area contributed by atoms with Gasteiger partial charge in [0.1, 0.15) is 12.2 Å². The van der Waals surface area contributed by atoms with Gasteiger partial charge in [-0.3, -0.25) is 14.5 Å². The van der Waals surface area contributed by atoms with Crippen LogP contribution in [-0.4, -0.2) is 47.7 Å². The number of unbranched alkanes of at least 4 members (excludes halogenated alkanes) is 1. The van der Waals surface area contributed by atoms with Crippen LogP contribution >= 0.6 is 0 Å². The van der Waals surface area contributed by atoms with E-state index >= 15 is 0 Å². The number of hydrogen-bond acceptors (Lipinski definition) is 5. The highest BCUT2D eigenvalue weighted by atomic mass is 16.6. The first kappa shape index (κ1) is 20.2. The molecule has 25 heavy (non-hydrogen) atoms. The van der Waals surface area contributed by atoms with E-state index in [1.54, 1.807) is 0 Å². The molecule has 5 heteroatoms. The Morgan fingerprint density at radius 1 is 0.800 bits per heavy atom. The summed E-state index contributed by atoms with van der Waals surface area (Å²) < 4.78 is 11.6. The molecule has 0 aliphatic carbocycles. The van der Waals surface area contributed by atoms with E-state index in [0.717, 1.165) is 57.9 Å². The van der Waals surface area contributed by atoms with Gasteiger partial charge in [-0.1, -0.05) is 27.2 Å². The molecule has 0 spiro atoms. The highest BCUT2D eigenvalue weighted by molar-refractivity contribution is 5.70. The van der Waals surface area contributed by atoms with Gasteiger partial charge >= 0.3 is 11.9 Å². The van der Waals surface area contributed by atoms with E-state index in [1.165, 1.54) is 0 Å². The fourth-order valence-corrected chi connectivity index (χ4v) is 4.24. The molecule has 2 heterocycles. The molecule has 4 atom stereocenters. The molecule has 5 nitrogen and oxygen atoms in total. The monoisotopic (exact) mass is 353 g/mol. The molecule has 4 unspecified atom stereocenters. The Bertz CT molecular complexity index is 403. The van der Waals surface area contributed by atoms with Crippen LogP contribution in [0, 0.1) is 0 Å². The quantitative estimate of drug-likeness (QED) is 0.590. The van der Waals surface area contributed by atoms with Gasteiger partial charge in [0.25, 0.3) is 0 Å². The normalized spacial score (nSPS) is 29.2. The van der Waals surface area contributed by atoms with E-state index in [-0.39, 0.29) is 36.2 Å². The van der Waals surface area contributed by atoms with Crippen LogP contribution in [0.5, 0.6) is 0 Å². The van der Waals surface area contributed by atoms with Gasteiger partial charge in [0.15, 0.2) is 0 Å². The molecule has 144 valence electrons. The van der Waals surface area contributed by atoms with Crippen molar-refractivity contribution in [3.63, 3.8) is 0 Å². The first-order chi connectivity index (χ1) is 12.1. The van der Waals surface area contributed by atoms with E-state index in [9.17, 15) is 9.59 Å². The molecule has 2 aliphatic rings. The van der Waals surface area contributed by atoms with Gasteiger partial charge in [0.05, 0.1) is 0 Å². The summed E-state index contributed by atoms with van der Waals surface area (Å²) in [6, 6.07) is 0.569. The third-order valence-corrected chi connectivity index (χ3v) is 5.45. The first-order valence-electron chi connectivity index (χ1n) is 10.2. The predicted octanol–water partition coefficient (Wildman–Crippen LogP) is 3.84. The van der Waals surface area contributed by atoms with Gasteiger partial charge < -0.3 is 9.47 Å². The van der Waals surface area contributed by atoms with Crippen LogP contribution in [0.4, 0.5) is 0 Å². The van der Waals surface area contributed by atoms with Crippen LogP contribution < -0.4 is 0 Å². The molecule has 0 saturated carbocycles. The molecule has 2 saturated heterocycles. The van der Waals surface area contributed by atoms with Gasteiger partial charge in [0.2, 0.25) is 0 Å². The SMILES string of the molecule is CCCCN1C2CCC(OC(=O)CCC)C1CCC2OC(=O)CCC. The molecular weight excluding hydrogens is 318 g/mol. The number of piperidine rings is 2. The van der Waals surface area contributed by atoms with Crippen molar-refractivity contribution in [2.75, 3.05) is 6.54 Å². The average Bonchev–Trinajstić information content (AvgIpc) is 2.57. The standard InChI is InChI=1S/C20H35NO4/c1-4-7-14-21-15-11-13-18(25-20(23)9-6-3)16(21)10-12-17(15)24-19(22)8-5-2/h15-18H,4-14H2,1-3H3. The third kappa shape index (κ3) is 5.44. The molecule has 0 aromatic rings. The minimum absolute atomic E-state index is 0.000510. The maximum absolute atomic E-state index is 12.0. The average molecular weight is 354 g/mol. The summed E-state index contributed by atoms with van der Waals surface area (Å²) in [4.78, 5) is 26.4. The van der Waals surface area contributed by atoms with E-state index in [2.05, 4.69) is 11.8 Å². The maximum Gasteiger partial charge on any atom is 0.306 e. The van der Waals surface area contributed by atoms with Gasteiger partial charge in [0, 0.05) is 24.9 Å². The van der Waals surface area contributed by atoms with Gasteiger partial charge in [-0.2, -0.15) is 0 Å². The lowest BCUT2D eigenvalue weighted by Gasteiger charge is -2.52. The largest absolute Gasteiger partial charge is 0.461 e. The summed E-state index contributed by atoms with van der Waals surface area (Å²) >= 11 is 0. The minimum atomic E-state index is -0.0714. The van der Waals surface area contributed by atoms with E-state index in [4.69, 9.17) is 9.47 Å². The van der Waals surface area contributed by atoms with Crippen molar-refractivity contribution in [3.05, 3.63) is 0 Å². The fourth-order valence-electron chi connectivity index (χ4n) is 4.24. The Hall–Kier alpha value is -1.10. The second-order valence-corrected chi connectivity index (χ2v) is 7.44. The number of fused-ring (bicyclic) bond motifs is 2.